The van der Waals surface area contributed by atoms with Gasteiger partial charge in [0, 0.05) is 31.2 Å². The fraction of sp³-hybridized carbons (Fsp3) is 0.840. The van der Waals surface area contributed by atoms with Crippen molar-refractivity contribution in [2.24, 2.45) is 22.0 Å². The average Bonchev–Trinajstić information content (AvgIpc) is 2.71. The van der Waals surface area contributed by atoms with Crippen LogP contribution in [0.5, 0.6) is 0 Å². The molecule has 4 rings (SSSR count). The molecule has 0 radical (unpaired) electrons. The van der Waals surface area contributed by atoms with Gasteiger partial charge >= 0.3 is 17.9 Å². The van der Waals surface area contributed by atoms with Crippen LogP contribution >= 0.6 is 0 Å². The second-order valence-corrected chi connectivity index (χ2v) is 11.7. The molecule has 1 amide bonds. The van der Waals surface area contributed by atoms with Crippen molar-refractivity contribution in [2.75, 3.05) is 6.54 Å². The zero-order valence-electron chi connectivity index (χ0n) is 20.1. The highest BCUT2D eigenvalue weighted by atomic mass is 16.4. The van der Waals surface area contributed by atoms with E-state index >= 15 is 0 Å². The lowest BCUT2D eigenvalue weighted by molar-refractivity contribution is -0.192. The van der Waals surface area contributed by atoms with Gasteiger partial charge in [-0.15, -0.1) is 0 Å². The first kappa shape index (κ1) is 26.4. The number of unbranched alkanes of at least 4 members (excludes halogenated alkanes) is 2. The molecule has 9 heteroatoms. The van der Waals surface area contributed by atoms with Crippen molar-refractivity contribution in [3.63, 3.8) is 0 Å². The number of carboxylic acid groups (broad SMARTS) is 3. The fourth-order valence-corrected chi connectivity index (χ4v) is 8.30. The van der Waals surface area contributed by atoms with E-state index < -0.39 is 23.4 Å². The highest BCUT2D eigenvalue weighted by Crippen LogP contribution is 2.74. The Balaban J connectivity index is 1.91. The Bertz CT molecular complexity index is 719. The lowest BCUT2D eigenvalue weighted by atomic mass is 9.35. The Kier molecular flexibility index (Phi) is 7.95. The summed E-state index contributed by atoms with van der Waals surface area (Å²) in [7, 11) is 0. The van der Waals surface area contributed by atoms with Gasteiger partial charge in [-0.25, -0.2) is 0 Å². The average molecular weight is 481 g/mol. The van der Waals surface area contributed by atoms with Crippen molar-refractivity contribution in [1.82, 2.24) is 5.32 Å². The Morgan fingerprint density at radius 2 is 1.03 bits per heavy atom. The number of carbonyl (C=O) groups is 4. The van der Waals surface area contributed by atoms with Gasteiger partial charge < -0.3 is 26.4 Å². The van der Waals surface area contributed by atoms with Crippen LogP contribution in [-0.4, -0.2) is 51.2 Å². The predicted octanol–water partition coefficient (Wildman–Crippen LogP) is 3.30. The molecule has 0 unspecified atom stereocenters. The molecule has 0 aliphatic heterocycles. The molecular formula is C25H40N2O7. The minimum absolute atomic E-state index is 0.0210. The summed E-state index contributed by atoms with van der Waals surface area (Å²) in [6.07, 6.45) is 8.69. The summed E-state index contributed by atoms with van der Waals surface area (Å²) in [6.45, 7) is 0.593. The van der Waals surface area contributed by atoms with Crippen molar-refractivity contribution in [3.05, 3.63) is 0 Å². The van der Waals surface area contributed by atoms with Gasteiger partial charge in [0.1, 0.15) is 0 Å². The van der Waals surface area contributed by atoms with E-state index in [9.17, 15) is 34.5 Å². The molecular weight excluding hydrogens is 440 g/mol. The third kappa shape index (κ3) is 6.29. The van der Waals surface area contributed by atoms with Crippen LogP contribution in [0.1, 0.15) is 103 Å². The van der Waals surface area contributed by atoms with E-state index in [0.717, 1.165) is 38.5 Å². The minimum atomic E-state index is -0.868. The molecule has 0 aromatic rings. The van der Waals surface area contributed by atoms with Gasteiger partial charge in [-0.3, -0.25) is 19.2 Å². The molecule has 192 valence electrons. The van der Waals surface area contributed by atoms with Gasteiger partial charge in [0.15, 0.2) is 0 Å². The highest BCUT2D eigenvalue weighted by molar-refractivity contribution is 5.77. The normalized spacial score (nSPS) is 33.6. The largest absolute Gasteiger partial charge is 0.481 e. The van der Waals surface area contributed by atoms with Crippen LogP contribution < -0.4 is 11.1 Å². The number of rotatable bonds is 15. The van der Waals surface area contributed by atoms with Crippen molar-refractivity contribution in [3.8, 4) is 0 Å². The highest BCUT2D eigenvalue weighted by Gasteiger charge is 2.67. The van der Waals surface area contributed by atoms with Gasteiger partial charge in [0.25, 0.3) is 0 Å². The Morgan fingerprint density at radius 1 is 0.618 bits per heavy atom. The summed E-state index contributed by atoms with van der Waals surface area (Å²) in [5.41, 5.74) is 4.05. The van der Waals surface area contributed by atoms with Crippen molar-refractivity contribution >= 4 is 23.8 Å². The van der Waals surface area contributed by atoms with Crippen LogP contribution in [0, 0.1) is 16.2 Å². The van der Waals surface area contributed by atoms with Crippen LogP contribution in [0.15, 0.2) is 0 Å². The van der Waals surface area contributed by atoms with Crippen LogP contribution in [-0.2, 0) is 19.2 Å². The molecule has 4 saturated carbocycles. The number of amides is 1. The maximum atomic E-state index is 13.0. The van der Waals surface area contributed by atoms with Gasteiger partial charge in [-0.05, 0) is 93.4 Å². The van der Waals surface area contributed by atoms with Crippen LogP contribution in [0.25, 0.3) is 0 Å². The van der Waals surface area contributed by atoms with Crippen LogP contribution in [0.4, 0.5) is 0 Å². The molecule has 9 nitrogen and oxygen atoms in total. The number of nitrogens with one attached hydrogen (secondary N) is 1. The zero-order valence-corrected chi connectivity index (χ0v) is 20.1. The van der Waals surface area contributed by atoms with E-state index in [1.807, 2.05) is 0 Å². The molecule has 6 N–H and O–H groups in total. The molecule has 0 heterocycles. The number of aliphatic carboxylic acids is 3. The first-order valence-corrected chi connectivity index (χ1v) is 12.6. The second-order valence-electron chi connectivity index (χ2n) is 11.7. The topological polar surface area (TPSA) is 167 Å². The monoisotopic (exact) mass is 480 g/mol. The summed E-state index contributed by atoms with van der Waals surface area (Å²) >= 11 is 0. The number of carboxylic acids is 3. The minimum Gasteiger partial charge on any atom is -0.481 e. The lowest BCUT2D eigenvalue weighted by Crippen LogP contribution is -2.69. The smallest absolute Gasteiger partial charge is 0.303 e. The van der Waals surface area contributed by atoms with E-state index in [0.29, 0.717) is 51.5 Å². The van der Waals surface area contributed by atoms with E-state index in [2.05, 4.69) is 5.32 Å². The van der Waals surface area contributed by atoms with E-state index in [1.54, 1.807) is 0 Å². The molecule has 4 aliphatic rings. The summed E-state index contributed by atoms with van der Waals surface area (Å²) in [4.78, 5) is 47.4. The van der Waals surface area contributed by atoms with Gasteiger partial charge in [0.2, 0.25) is 5.91 Å². The number of nitrogens with two attached hydrogens (primary N) is 1. The van der Waals surface area contributed by atoms with Crippen molar-refractivity contribution in [1.29, 1.82) is 0 Å². The first-order chi connectivity index (χ1) is 15.9. The third-order valence-corrected chi connectivity index (χ3v) is 8.51. The Morgan fingerprint density at radius 3 is 1.38 bits per heavy atom. The molecule has 4 bridgehead atoms. The zero-order chi connectivity index (χ0) is 25.0. The van der Waals surface area contributed by atoms with E-state index in [1.165, 1.54) is 0 Å². The third-order valence-electron chi connectivity index (χ3n) is 8.51. The molecule has 0 aromatic carbocycles. The van der Waals surface area contributed by atoms with Gasteiger partial charge in [0.05, 0.1) is 0 Å². The maximum Gasteiger partial charge on any atom is 0.303 e. The van der Waals surface area contributed by atoms with Gasteiger partial charge in [-0.2, -0.15) is 0 Å². The molecule has 4 aliphatic carbocycles. The molecule has 0 spiro atoms. The predicted molar refractivity (Wildman–Crippen MR) is 124 cm³/mol. The molecule has 0 atom stereocenters. The molecule has 4 fully saturated rings. The molecule has 0 saturated heterocycles. The summed E-state index contributed by atoms with van der Waals surface area (Å²) in [5, 5.41) is 31.6. The lowest BCUT2D eigenvalue weighted by Gasteiger charge is -2.71. The molecule has 0 aromatic heterocycles. The van der Waals surface area contributed by atoms with Crippen molar-refractivity contribution < 1.29 is 34.5 Å². The van der Waals surface area contributed by atoms with Crippen LogP contribution in [0.2, 0.25) is 0 Å². The summed E-state index contributed by atoms with van der Waals surface area (Å²) < 4.78 is 0. The Labute approximate surface area is 200 Å². The Hall–Kier alpha value is -2.16. The quantitative estimate of drug-likeness (QED) is 0.223. The maximum absolute atomic E-state index is 13.0. The summed E-state index contributed by atoms with van der Waals surface area (Å²) in [5.74, 6) is -2.64. The van der Waals surface area contributed by atoms with Crippen LogP contribution in [0.3, 0.4) is 0 Å². The van der Waals surface area contributed by atoms with Crippen molar-refractivity contribution in [2.45, 2.75) is 108 Å². The standard InChI is InChI=1S/C25H40N2O7/c26-11-3-1-2-4-18(28)27-25-15-22(8-5-19(29)30)12-23(16-25,9-6-20(31)32)14-24(13-22,17-25)10-7-21(33)34/h1-17,26H2,(H,27,28)(H,29,30)(H,31,32)(H,33,34). The number of hydrogen-bond acceptors (Lipinski definition) is 5. The van der Waals surface area contributed by atoms with Gasteiger partial charge in [-0.1, -0.05) is 6.42 Å². The molecule has 34 heavy (non-hydrogen) atoms. The first-order valence-electron chi connectivity index (χ1n) is 12.6. The number of carbonyl (C=O) groups excluding carboxylic acids is 1. The van der Waals surface area contributed by atoms with E-state index in [4.69, 9.17) is 5.73 Å². The SMILES string of the molecule is NCCCCCC(=O)NC12CC3(CCC(=O)O)CC(CCC(=O)O)(CC(CCC(=O)O)(C3)C1)C2. The number of hydrogen-bond donors (Lipinski definition) is 5. The van der Waals surface area contributed by atoms with E-state index in [-0.39, 0.29) is 41.4 Å². The second kappa shape index (κ2) is 10.2. The fourth-order valence-electron chi connectivity index (χ4n) is 8.30. The summed E-state index contributed by atoms with van der Waals surface area (Å²) in [6, 6.07) is 0.